The third-order valence-corrected chi connectivity index (χ3v) is 3.69. The lowest BCUT2D eigenvalue weighted by atomic mass is 10.1. The zero-order valence-electron chi connectivity index (χ0n) is 16.3. The van der Waals surface area contributed by atoms with Gasteiger partial charge in [0.1, 0.15) is 0 Å². The van der Waals surface area contributed by atoms with Crippen molar-refractivity contribution in [3.63, 3.8) is 0 Å². The maximum atomic E-state index is 10.7. The fourth-order valence-electron chi connectivity index (χ4n) is 2.34. The average molecular weight is 371 g/mol. The maximum Gasteiger partial charge on any atom is 0.407 e. The highest BCUT2D eigenvalue weighted by Gasteiger charge is 2.24. The Hall–Kier alpha value is -2.85. The molecule has 1 amide bonds. The molecule has 0 spiro atoms. The Bertz CT molecular complexity index is 729. The second-order valence-electron chi connectivity index (χ2n) is 6.99. The van der Waals surface area contributed by atoms with Crippen molar-refractivity contribution in [3.8, 4) is 12.3 Å². The van der Waals surface area contributed by atoms with Gasteiger partial charge in [-0.25, -0.2) is 9.48 Å². The van der Waals surface area contributed by atoms with Crippen LogP contribution in [0.5, 0.6) is 0 Å². The minimum Gasteiger partial charge on any atom is -0.465 e. The summed E-state index contributed by atoms with van der Waals surface area (Å²) < 4.78 is 1.83. The average Bonchev–Trinajstić information content (AvgIpc) is 3.03. The monoisotopic (exact) mass is 371 g/mol. The topological polar surface area (TPSA) is 97.3 Å². The van der Waals surface area contributed by atoms with Gasteiger partial charge in [0.25, 0.3) is 0 Å². The van der Waals surface area contributed by atoms with Crippen LogP contribution < -0.4 is 5.73 Å². The summed E-state index contributed by atoms with van der Waals surface area (Å²) in [6.45, 7) is 7.31. The Morgan fingerprint density at radius 1 is 1.33 bits per heavy atom. The molecule has 1 heterocycles. The zero-order valence-corrected chi connectivity index (χ0v) is 16.3. The van der Waals surface area contributed by atoms with Crippen LogP contribution in [-0.2, 0) is 13.0 Å². The molecular formula is C20H29N5O2. The molecule has 0 saturated carbocycles. The number of carbonyl (C=O) groups is 1. The Morgan fingerprint density at radius 3 is 2.52 bits per heavy atom. The van der Waals surface area contributed by atoms with Crippen LogP contribution in [0.15, 0.2) is 36.5 Å². The number of hydrogen-bond acceptors (Lipinski definition) is 4. The highest BCUT2D eigenvalue weighted by atomic mass is 16.4. The number of aromatic nitrogens is 3. The second kappa shape index (κ2) is 11.0. The summed E-state index contributed by atoms with van der Waals surface area (Å²) in [5.41, 5.74) is 7.25. The van der Waals surface area contributed by atoms with Gasteiger partial charge in [-0.15, -0.1) is 17.4 Å². The number of nitrogens with zero attached hydrogens (tertiary/aromatic N) is 4. The van der Waals surface area contributed by atoms with Gasteiger partial charge in [0.15, 0.2) is 0 Å². The fraction of sp³-hybridized carbons (Fsp3) is 0.450. The largest absolute Gasteiger partial charge is 0.465 e. The molecule has 1 aromatic carbocycles. The number of benzene rings is 1. The van der Waals surface area contributed by atoms with Crippen LogP contribution in [0.2, 0.25) is 0 Å². The van der Waals surface area contributed by atoms with Crippen molar-refractivity contribution in [3.05, 3.63) is 47.8 Å². The minimum absolute atomic E-state index is 0.372. The SMILES string of the molecule is C#CCCN(C(=O)O)C(C)(C)C.NCCc1cn(Cc2ccccc2)nn1. The van der Waals surface area contributed by atoms with E-state index in [2.05, 4.69) is 28.4 Å². The van der Waals surface area contributed by atoms with Gasteiger partial charge >= 0.3 is 6.09 Å². The van der Waals surface area contributed by atoms with Crippen molar-refractivity contribution in [2.45, 2.75) is 45.7 Å². The van der Waals surface area contributed by atoms with E-state index < -0.39 is 6.09 Å². The first kappa shape index (κ1) is 22.2. The van der Waals surface area contributed by atoms with Gasteiger partial charge in [0.05, 0.1) is 12.2 Å². The van der Waals surface area contributed by atoms with E-state index in [-0.39, 0.29) is 5.54 Å². The summed E-state index contributed by atoms with van der Waals surface area (Å²) in [4.78, 5) is 12.0. The van der Waals surface area contributed by atoms with Crippen LogP contribution in [0.25, 0.3) is 0 Å². The fourth-order valence-corrected chi connectivity index (χ4v) is 2.34. The lowest BCUT2D eigenvalue weighted by molar-refractivity contribution is 0.102. The van der Waals surface area contributed by atoms with Gasteiger partial charge in [-0.3, -0.25) is 0 Å². The lowest BCUT2D eigenvalue weighted by Crippen LogP contribution is -2.45. The van der Waals surface area contributed by atoms with Crippen molar-refractivity contribution in [2.75, 3.05) is 13.1 Å². The summed E-state index contributed by atoms with van der Waals surface area (Å²) >= 11 is 0. The molecule has 0 atom stereocenters. The van der Waals surface area contributed by atoms with Crippen molar-refractivity contribution in [2.24, 2.45) is 5.73 Å². The van der Waals surface area contributed by atoms with Gasteiger partial charge in [0, 0.05) is 31.1 Å². The molecular weight excluding hydrogens is 342 g/mol. The van der Waals surface area contributed by atoms with Crippen molar-refractivity contribution in [1.82, 2.24) is 19.9 Å². The number of rotatable bonds is 6. The molecule has 2 rings (SSSR count). The van der Waals surface area contributed by atoms with Crippen LogP contribution in [0.1, 0.15) is 38.4 Å². The quantitative estimate of drug-likeness (QED) is 0.761. The van der Waals surface area contributed by atoms with E-state index in [1.54, 1.807) is 0 Å². The van der Waals surface area contributed by atoms with Crippen molar-refractivity contribution in [1.29, 1.82) is 0 Å². The lowest BCUT2D eigenvalue weighted by Gasteiger charge is -2.32. The molecule has 0 radical (unpaired) electrons. The van der Waals surface area contributed by atoms with Crippen LogP contribution in [0.3, 0.4) is 0 Å². The number of amides is 1. The van der Waals surface area contributed by atoms with E-state index in [1.165, 1.54) is 10.5 Å². The molecule has 0 aliphatic heterocycles. The van der Waals surface area contributed by atoms with Gasteiger partial charge < -0.3 is 15.7 Å². The summed E-state index contributed by atoms with van der Waals surface area (Å²) in [5.74, 6) is 2.42. The van der Waals surface area contributed by atoms with E-state index in [0.717, 1.165) is 18.7 Å². The molecule has 3 N–H and O–H groups in total. The normalized spacial score (nSPS) is 10.5. The van der Waals surface area contributed by atoms with Gasteiger partial charge in [-0.1, -0.05) is 35.5 Å². The predicted octanol–water partition coefficient (Wildman–Crippen LogP) is 2.62. The van der Waals surface area contributed by atoms with Crippen LogP contribution >= 0.6 is 0 Å². The van der Waals surface area contributed by atoms with Crippen molar-refractivity contribution >= 4 is 6.09 Å². The summed E-state index contributed by atoms with van der Waals surface area (Å²) in [6, 6.07) is 10.2. The predicted molar refractivity (Wildman–Crippen MR) is 106 cm³/mol. The van der Waals surface area contributed by atoms with Gasteiger partial charge in [0.2, 0.25) is 0 Å². The van der Waals surface area contributed by atoms with Gasteiger partial charge in [-0.2, -0.15) is 0 Å². The molecule has 7 heteroatoms. The second-order valence-corrected chi connectivity index (χ2v) is 6.99. The Labute approximate surface area is 161 Å². The Balaban J connectivity index is 0.000000279. The van der Waals surface area contributed by atoms with E-state index in [4.69, 9.17) is 17.3 Å². The van der Waals surface area contributed by atoms with E-state index >= 15 is 0 Å². The zero-order chi connectivity index (χ0) is 20.3. The summed E-state index contributed by atoms with van der Waals surface area (Å²) in [5, 5.41) is 16.9. The number of nitrogens with two attached hydrogens (primary N) is 1. The molecule has 146 valence electrons. The number of hydrogen-bond donors (Lipinski definition) is 2. The molecule has 0 saturated heterocycles. The highest BCUT2D eigenvalue weighted by Crippen LogP contribution is 2.13. The Kier molecular flexibility index (Phi) is 9.03. The molecule has 2 aromatic rings. The number of carboxylic acid groups (broad SMARTS) is 1. The Morgan fingerprint density at radius 2 is 2.00 bits per heavy atom. The first-order valence-electron chi connectivity index (χ1n) is 8.85. The van der Waals surface area contributed by atoms with E-state index in [0.29, 0.717) is 19.5 Å². The minimum atomic E-state index is -0.919. The molecule has 7 nitrogen and oxygen atoms in total. The third kappa shape index (κ3) is 8.38. The molecule has 0 aliphatic carbocycles. The van der Waals surface area contributed by atoms with Gasteiger partial charge in [-0.05, 0) is 32.9 Å². The molecule has 0 bridgehead atoms. The molecule has 0 fully saturated rings. The molecule has 0 aliphatic rings. The number of terminal acetylenes is 1. The van der Waals surface area contributed by atoms with E-state index in [9.17, 15) is 4.79 Å². The van der Waals surface area contributed by atoms with Crippen LogP contribution in [-0.4, -0.2) is 49.7 Å². The van der Waals surface area contributed by atoms with E-state index in [1.807, 2.05) is 49.8 Å². The van der Waals surface area contributed by atoms with Crippen LogP contribution in [0.4, 0.5) is 4.79 Å². The smallest absolute Gasteiger partial charge is 0.407 e. The van der Waals surface area contributed by atoms with Crippen molar-refractivity contribution < 1.29 is 9.90 Å². The molecule has 0 unspecified atom stereocenters. The maximum absolute atomic E-state index is 10.7. The first-order chi connectivity index (χ1) is 12.8. The molecule has 1 aromatic heterocycles. The highest BCUT2D eigenvalue weighted by molar-refractivity contribution is 5.65. The molecule has 27 heavy (non-hydrogen) atoms. The summed E-state index contributed by atoms with van der Waals surface area (Å²) in [7, 11) is 0. The third-order valence-electron chi connectivity index (χ3n) is 3.69. The van der Waals surface area contributed by atoms with Crippen LogP contribution in [0, 0.1) is 12.3 Å². The summed E-state index contributed by atoms with van der Waals surface area (Å²) in [6.07, 6.45) is 7.32. The first-order valence-corrected chi connectivity index (χ1v) is 8.85. The standard InChI is InChI=1S/C11H14N4.C9H15NO2/c12-7-6-11-9-15(14-13-11)8-10-4-2-1-3-5-10;1-5-6-7-10(8(11)12)9(2,3)4/h1-5,9H,6-8,12H2;1H,6-7H2,2-4H3,(H,11,12).